The molecule has 3 rings (SSSR count). The summed E-state index contributed by atoms with van der Waals surface area (Å²) in [4.78, 5) is 10.7. The first-order chi connectivity index (χ1) is 14.1. The number of nitrogens with zero attached hydrogens (tertiary/aromatic N) is 1. The van der Waals surface area contributed by atoms with Gasteiger partial charge in [-0.2, -0.15) is 13.2 Å². The number of hydrogen-bond donors (Lipinski definition) is 0. The summed E-state index contributed by atoms with van der Waals surface area (Å²) in [6, 6.07) is 13.2. The van der Waals surface area contributed by atoms with Crippen LogP contribution in [0.1, 0.15) is 5.56 Å². The Morgan fingerprint density at radius 2 is 1.67 bits per heavy atom. The van der Waals surface area contributed by atoms with Gasteiger partial charge >= 0.3 is 19.0 Å². The Bertz CT molecular complexity index is 1140. The van der Waals surface area contributed by atoms with E-state index >= 15 is 0 Å². The Morgan fingerprint density at radius 1 is 1.00 bits per heavy atom. The predicted molar refractivity (Wildman–Crippen MR) is 108 cm³/mol. The minimum Gasteiger partial charge on any atom is -0.455 e. The van der Waals surface area contributed by atoms with Crippen LogP contribution in [-0.2, 0) is 10.7 Å². The molecule has 3 aromatic carbocycles. The maximum atomic E-state index is 12.9. The predicted octanol–water partition coefficient (Wildman–Crippen LogP) is 7.33. The topological polar surface area (TPSA) is 69.4 Å². The summed E-state index contributed by atoms with van der Waals surface area (Å²) in [5.74, 6) is -0.126. The minimum atomic E-state index is -4.59. The van der Waals surface area contributed by atoms with Crippen LogP contribution in [0.2, 0.25) is 5.02 Å². The molecule has 0 aliphatic heterocycles. The second-order valence-electron chi connectivity index (χ2n) is 5.95. The van der Waals surface area contributed by atoms with Crippen molar-refractivity contribution in [3.63, 3.8) is 0 Å². The van der Waals surface area contributed by atoms with Crippen LogP contribution in [0.5, 0.6) is 11.5 Å². The fourth-order valence-corrected chi connectivity index (χ4v) is 3.82. The number of benzene rings is 3. The van der Waals surface area contributed by atoms with Crippen LogP contribution >= 0.6 is 30.0 Å². The number of nitro benzene ring substituents is 1. The van der Waals surface area contributed by atoms with Crippen LogP contribution in [0.4, 0.5) is 18.9 Å². The van der Waals surface area contributed by atoms with E-state index < -0.39 is 29.5 Å². The number of ether oxygens (including phenoxy) is 1. The summed E-state index contributed by atoms with van der Waals surface area (Å²) in [6.45, 7) is 0. The van der Waals surface area contributed by atoms with Crippen molar-refractivity contribution in [1.29, 1.82) is 0 Å². The van der Waals surface area contributed by atoms with E-state index in [-0.39, 0.29) is 27.4 Å². The quantitative estimate of drug-likeness (QED) is 0.220. The van der Waals surface area contributed by atoms with Crippen molar-refractivity contribution in [2.75, 3.05) is 0 Å². The largest absolute Gasteiger partial charge is 0.501 e. The lowest BCUT2D eigenvalue weighted by atomic mass is 10.0. The van der Waals surface area contributed by atoms with Crippen LogP contribution in [-0.4, -0.2) is 4.92 Å². The molecule has 5 nitrogen and oxygen atoms in total. The number of hydrogen-bond acceptors (Lipinski definition) is 4. The average molecular weight is 475 g/mol. The van der Waals surface area contributed by atoms with Crippen molar-refractivity contribution in [3.8, 4) is 22.6 Å². The van der Waals surface area contributed by atoms with Crippen molar-refractivity contribution in [3.05, 3.63) is 81.4 Å². The molecule has 30 heavy (non-hydrogen) atoms. The van der Waals surface area contributed by atoms with Gasteiger partial charge in [0, 0.05) is 17.7 Å². The first-order valence-electron chi connectivity index (χ1n) is 8.13. The second-order valence-corrected chi connectivity index (χ2v) is 8.25. The van der Waals surface area contributed by atoms with Gasteiger partial charge in [0.05, 0.1) is 15.5 Å². The summed E-state index contributed by atoms with van der Waals surface area (Å²) < 4.78 is 56.1. The number of alkyl halides is 3. The van der Waals surface area contributed by atoms with Gasteiger partial charge in [-0.1, -0.05) is 41.9 Å². The van der Waals surface area contributed by atoms with Crippen molar-refractivity contribution in [1.82, 2.24) is 0 Å². The molecular formula is C19H10Cl2F3NO4P+. The Labute approximate surface area is 178 Å². The van der Waals surface area contributed by atoms with Crippen molar-refractivity contribution in [2.24, 2.45) is 0 Å². The fraction of sp³-hybridized carbons (Fsp3) is 0.0526. The smallest absolute Gasteiger partial charge is 0.455 e. The second kappa shape index (κ2) is 8.60. The van der Waals surface area contributed by atoms with Crippen LogP contribution < -0.4 is 10.0 Å². The van der Waals surface area contributed by atoms with Crippen molar-refractivity contribution in [2.45, 2.75) is 6.18 Å². The minimum absolute atomic E-state index is 0.00698. The molecule has 0 saturated heterocycles. The van der Waals surface area contributed by atoms with Gasteiger partial charge in [-0.25, -0.2) is 0 Å². The van der Waals surface area contributed by atoms with Gasteiger partial charge in [-0.05, 0) is 28.3 Å². The molecule has 0 N–H and O–H groups in total. The molecule has 0 fully saturated rings. The Hall–Kier alpha value is -2.67. The highest BCUT2D eigenvalue weighted by atomic mass is 35.7. The molecule has 11 heteroatoms. The molecule has 0 bridgehead atoms. The first kappa shape index (κ1) is 22.0. The van der Waals surface area contributed by atoms with Crippen LogP contribution in [0.25, 0.3) is 11.1 Å². The third-order valence-corrected chi connectivity index (χ3v) is 5.61. The number of rotatable bonds is 5. The third-order valence-electron chi connectivity index (χ3n) is 4.03. The SMILES string of the molecule is O=[N+]([O-])c1cc(-c2ccccc2)c(Oc2ccc(C(F)(F)F)cc2Cl)cc1[P+](=O)Cl. The standard InChI is InChI=1S/C19H10Cl2F3NO4P/c20-14-8-12(19(22,23)24)6-7-16(14)29-17-10-18(30(21)28)15(25(26)27)9-13(17)11-4-2-1-3-5-11/h1-10H/q+1. The van der Waals surface area contributed by atoms with Crippen LogP contribution in [0.3, 0.4) is 0 Å². The van der Waals surface area contributed by atoms with Gasteiger partial charge in [-0.3, -0.25) is 10.1 Å². The molecule has 1 unspecified atom stereocenters. The molecule has 0 heterocycles. The summed E-state index contributed by atoms with van der Waals surface area (Å²) in [6.07, 6.45) is -4.59. The first-order valence-corrected chi connectivity index (χ1v) is 10.7. The Morgan fingerprint density at radius 3 is 2.20 bits per heavy atom. The molecule has 0 aromatic heterocycles. The summed E-state index contributed by atoms with van der Waals surface area (Å²) >= 11 is 11.6. The fourth-order valence-electron chi connectivity index (χ4n) is 2.65. The summed E-state index contributed by atoms with van der Waals surface area (Å²) in [5.41, 5.74) is -0.669. The molecule has 1 atom stereocenters. The normalized spacial score (nSPS) is 11.8. The van der Waals surface area contributed by atoms with Gasteiger partial charge in [0.25, 0.3) is 5.30 Å². The zero-order valence-corrected chi connectivity index (χ0v) is 17.1. The lowest BCUT2D eigenvalue weighted by molar-refractivity contribution is -0.383. The molecule has 0 amide bonds. The van der Waals surface area contributed by atoms with Crippen LogP contribution in [0, 0.1) is 10.1 Å². The molecule has 0 radical (unpaired) electrons. The maximum Gasteiger partial charge on any atom is 0.501 e. The van der Waals surface area contributed by atoms with E-state index in [0.29, 0.717) is 11.6 Å². The molecule has 3 aromatic rings. The molecule has 0 spiro atoms. The van der Waals surface area contributed by atoms with E-state index in [4.69, 9.17) is 27.6 Å². The van der Waals surface area contributed by atoms with Crippen molar-refractivity contribution < 1.29 is 27.4 Å². The molecule has 154 valence electrons. The Kier molecular flexibility index (Phi) is 6.31. The van der Waals surface area contributed by atoms with E-state index in [2.05, 4.69) is 0 Å². The van der Waals surface area contributed by atoms with E-state index in [1.54, 1.807) is 30.3 Å². The highest BCUT2D eigenvalue weighted by Gasteiger charge is 2.34. The van der Waals surface area contributed by atoms with E-state index in [0.717, 1.165) is 24.3 Å². The number of halogens is 5. The van der Waals surface area contributed by atoms with Gasteiger partial charge in [-0.15, -0.1) is 0 Å². The highest BCUT2D eigenvalue weighted by Crippen LogP contribution is 2.42. The average Bonchev–Trinajstić information content (AvgIpc) is 2.68. The molecule has 0 aliphatic rings. The molecule has 0 aliphatic carbocycles. The van der Waals surface area contributed by atoms with Gasteiger partial charge in [0.2, 0.25) is 11.2 Å². The zero-order chi connectivity index (χ0) is 22.1. The van der Waals surface area contributed by atoms with E-state index in [1.165, 1.54) is 0 Å². The van der Waals surface area contributed by atoms with Crippen molar-refractivity contribution >= 4 is 41.0 Å². The lowest BCUT2D eigenvalue weighted by Crippen LogP contribution is -2.07. The lowest BCUT2D eigenvalue weighted by Gasteiger charge is -2.14. The zero-order valence-electron chi connectivity index (χ0n) is 14.7. The number of nitro groups is 1. The third kappa shape index (κ3) is 4.73. The molecule has 0 saturated carbocycles. The summed E-state index contributed by atoms with van der Waals surface area (Å²) in [7, 11) is -2.63. The van der Waals surface area contributed by atoms with E-state index in [9.17, 15) is 27.9 Å². The molecular weight excluding hydrogens is 465 g/mol. The highest BCUT2D eigenvalue weighted by molar-refractivity contribution is 7.80. The van der Waals surface area contributed by atoms with Gasteiger partial charge in [0.1, 0.15) is 11.5 Å². The van der Waals surface area contributed by atoms with Gasteiger partial charge in [0.15, 0.2) is 0 Å². The van der Waals surface area contributed by atoms with E-state index in [1.807, 2.05) is 0 Å². The monoisotopic (exact) mass is 474 g/mol. The maximum absolute atomic E-state index is 12.9. The Balaban J connectivity index is 2.17. The van der Waals surface area contributed by atoms with Crippen LogP contribution in [0.15, 0.2) is 60.7 Å². The summed E-state index contributed by atoms with van der Waals surface area (Å²) in [5, 5.41) is 10.8. The van der Waals surface area contributed by atoms with Gasteiger partial charge < -0.3 is 4.74 Å².